The van der Waals surface area contributed by atoms with Gasteiger partial charge in [-0.1, -0.05) is 37.9 Å². The number of carbonyl (C=O) groups is 1. The molecule has 0 saturated heterocycles. The van der Waals surface area contributed by atoms with Gasteiger partial charge in [0.1, 0.15) is 0 Å². The Morgan fingerprint density at radius 2 is 1.95 bits per heavy atom. The zero-order valence-electron chi connectivity index (χ0n) is 12.2. The van der Waals surface area contributed by atoms with Gasteiger partial charge in [-0.2, -0.15) is 0 Å². The van der Waals surface area contributed by atoms with Crippen LogP contribution in [0, 0.1) is 6.92 Å². The van der Waals surface area contributed by atoms with Crippen molar-refractivity contribution < 1.29 is 9.90 Å². The molecule has 21 heavy (non-hydrogen) atoms. The van der Waals surface area contributed by atoms with E-state index in [4.69, 9.17) is 10.8 Å². The molecule has 1 rings (SSSR count). The number of hydrogen-bond donors (Lipinski definition) is 2. The molecule has 0 aromatic heterocycles. The molecule has 0 aliphatic heterocycles. The van der Waals surface area contributed by atoms with Gasteiger partial charge in [0.05, 0.1) is 6.42 Å². The molecule has 1 atom stereocenters. The second-order valence-corrected chi connectivity index (χ2v) is 6.62. The van der Waals surface area contributed by atoms with Gasteiger partial charge in [-0.15, -0.1) is 0 Å². The predicted octanol–water partition coefficient (Wildman–Crippen LogP) is 2.94. The third-order valence-electron chi connectivity index (χ3n) is 3.33. The van der Waals surface area contributed by atoms with Crippen LogP contribution in [0.5, 0.6) is 0 Å². The van der Waals surface area contributed by atoms with Gasteiger partial charge in [0.25, 0.3) is 0 Å². The van der Waals surface area contributed by atoms with E-state index in [2.05, 4.69) is 55.0 Å². The number of hydrogen-bond acceptors (Lipinski definition) is 3. The first-order valence-corrected chi connectivity index (χ1v) is 9.16. The Morgan fingerprint density at radius 3 is 2.48 bits per heavy atom. The zero-order chi connectivity index (χ0) is 15.8. The Balaban J connectivity index is 2.89. The summed E-state index contributed by atoms with van der Waals surface area (Å²) in [5.74, 6) is -0.850. The van der Waals surface area contributed by atoms with Crippen LogP contribution in [0.4, 0.5) is 5.69 Å². The quantitative estimate of drug-likeness (QED) is 0.601. The topological polar surface area (TPSA) is 66.6 Å². The molecule has 118 valence electrons. The second kappa shape index (κ2) is 9.43. The highest BCUT2D eigenvalue weighted by molar-refractivity contribution is 9.09. The Labute approximate surface area is 143 Å². The Kier molecular flexibility index (Phi) is 8.29. The summed E-state index contributed by atoms with van der Waals surface area (Å²) in [4.78, 5) is 13.0. The lowest BCUT2D eigenvalue weighted by Gasteiger charge is -2.24. The number of nitrogens with two attached hydrogens (primary N) is 1. The molecule has 0 aliphatic carbocycles. The molecular formula is C15H22Br2N2O2. The maximum absolute atomic E-state index is 10.7. The van der Waals surface area contributed by atoms with Crippen LogP contribution < -0.4 is 10.6 Å². The summed E-state index contributed by atoms with van der Waals surface area (Å²) in [6.07, 6.45) is 0.582. The highest BCUT2D eigenvalue weighted by Gasteiger charge is 2.12. The monoisotopic (exact) mass is 420 g/mol. The lowest BCUT2D eigenvalue weighted by atomic mass is 9.99. The summed E-state index contributed by atoms with van der Waals surface area (Å²) in [5, 5.41) is 10.6. The van der Waals surface area contributed by atoms with Crippen LogP contribution in [0.15, 0.2) is 18.2 Å². The Bertz CT molecular complexity index is 463. The van der Waals surface area contributed by atoms with Gasteiger partial charge in [-0.05, 0) is 36.6 Å². The molecular weight excluding hydrogens is 400 g/mol. The average Bonchev–Trinajstić information content (AvgIpc) is 2.40. The first-order chi connectivity index (χ1) is 9.97. The Hall–Kier alpha value is -0.590. The summed E-state index contributed by atoms with van der Waals surface area (Å²) < 4.78 is 0. The highest BCUT2D eigenvalue weighted by atomic mass is 79.9. The number of anilines is 1. The minimum absolute atomic E-state index is 0.00379. The summed E-state index contributed by atoms with van der Waals surface area (Å²) in [7, 11) is 0. The van der Waals surface area contributed by atoms with Crippen LogP contribution in [-0.2, 0) is 11.2 Å². The fourth-order valence-corrected chi connectivity index (χ4v) is 3.08. The van der Waals surface area contributed by atoms with Gasteiger partial charge in [-0.3, -0.25) is 4.79 Å². The molecule has 0 aliphatic rings. The van der Waals surface area contributed by atoms with Crippen molar-refractivity contribution in [2.24, 2.45) is 5.73 Å². The van der Waals surface area contributed by atoms with Gasteiger partial charge in [0.15, 0.2) is 0 Å². The van der Waals surface area contributed by atoms with E-state index in [-0.39, 0.29) is 12.5 Å². The largest absolute Gasteiger partial charge is 0.481 e. The van der Waals surface area contributed by atoms with Crippen LogP contribution in [0.2, 0.25) is 0 Å². The normalized spacial score (nSPS) is 12.2. The summed E-state index contributed by atoms with van der Waals surface area (Å²) in [5.41, 5.74) is 9.33. The number of nitrogens with zero attached hydrogens (tertiary/aromatic N) is 1. The van der Waals surface area contributed by atoms with Crippen LogP contribution in [-0.4, -0.2) is 40.9 Å². The molecule has 0 saturated carbocycles. The number of alkyl halides is 2. The first kappa shape index (κ1) is 18.5. The summed E-state index contributed by atoms with van der Waals surface area (Å²) in [6.45, 7) is 3.89. The molecule has 0 radical (unpaired) electrons. The second-order valence-electron chi connectivity index (χ2n) is 5.04. The van der Waals surface area contributed by atoms with Gasteiger partial charge < -0.3 is 15.7 Å². The van der Waals surface area contributed by atoms with Crippen LogP contribution in [0.1, 0.15) is 17.5 Å². The number of aryl methyl sites for hydroxylation is 1. The number of rotatable bonds is 9. The summed E-state index contributed by atoms with van der Waals surface area (Å²) in [6, 6.07) is 5.96. The third-order valence-corrected chi connectivity index (χ3v) is 4.03. The molecule has 6 heteroatoms. The first-order valence-electron chi connectivity index (χ1n) is 6.91. The van der Waals surface area contributed by atoms with Gasteiger partial charge in [0.2, 0.25) is 0 Å². The smallest absolute Gasteiger partial charge is 0.304 e. The molecule has 0 amide bonds. The molecule has 3 N–H and O–H groups in total. The number of carboxylic acid groups (broad SMARTS) is 1. The number of halogens is 2. The summed E-state index contributed by atoms with van der Waals surface area (Å²) >= 11 is 6.95. The minimum atomic E-state index is -0.850. The molecule has 0 spiro atoms. The molecule has 0 heterocycles. The van der Waals surface area contributed by atoms with Crippen molar-refractivity contribution in [1.82, 2.24) is 0 Å². The third kappa shape index (κ3) is 6.36. The van der Waals surface area contributed by atoms with Crippen molar-refractivity contribution in [2.75, 3.05) is 28.6 Å². The fourth-order valence-electron chi connectivity index (χ4n) is 2.23. The fraction of sp³-hybridized carbons (Fsp3) is 0.533. The van der Waals surface area contributed by atoms with Crippen molar-refractivity contribution in [3.8, 4) is 0 Å². The lowest BCUT2D eigenvalue weighted by Crippen LogP contribution is -2.28. The van der Waals surface area contributed by atoms with Gasteiger partial charge in [-0.25, -0.2) is 0 Å². The average molecular weight is 422 g/mol. The molecule has 4 nitrogen and oxygen atoms in total. The van der Waals surface area contributed by atoms with Crippen molar-refractivity contribution in [1.29, 1.82) is 0 Å². The maximum atomic E-state index is 10.7. The maximum Gasteiger partial charge on any atom is 0.304 e. The van der Waals surface area contributed by atoms with E-state index >= 15 is 0 Å². The van der Waals surface area contributed by atoms with Gasteiger partial charge >= 0.3 is 5.97 Å². The van der Waals surface area contributed by atoms with Crippen molar-refractivity contribution in [3.05, 3.63) is 29.3 Å². The number of aliphatic carboxylic acids is 1. The molecule has 1 unspecified atom stereocenters. The predicted molar refractivity (Wildman–Crippen MR) is 94.9 cm³/mol. The zero-order valence-corrected chi connectivity index (χ0v) is 15.4. The number of carboxylic acids is 1. The van der Waals surface area contributed by atoms with Crippen molar-refractivity contribution in [3.63, 3.8) is 0 Å². The SMILES string of the molecule is Cc1ccc(N(CCBr)CCBr)cc1CC(N)CC(=O)O. The standard InChI is InChI=1S/C15H22Br2N2O2/c1-11-2-3-14(19(6-4-16)7-5-17)9-12(11)8-13(18)10-15(20)21/h2-3,9,13H,4-8,10,18H2,1H3,(H,20,21). The molecule has 0 bridgehead atoms. The van der Waals surface area contributed by atoms with Crippen LogP contribution in [0.3, 0.4) is 0 Å². The molecule has 1 aromatic carbocycles. The van der Waals surface area contributed by atoms with Crippen molar-refractivity contribution >= 4 is 43.5 Å². The van der Waals surface area contributed by atoms with Crippen LogP contribution in [0.25, 0.3) is 0 Å². The van der Waals surface area contributed by atoms with Crippen molar-refractivity contribution in [2.45, 2.75) is 25.8 Å². The molecule has 0 fully saturated rings. The lowest BCUT2D eigenvalue weighted by molar-refractivity contribution is -0.137. The molecule has 1 aromatic rings. The minimum Gasteiger partial charge on any atom is -0.481 e. The van der Waals surface area contributed by atoms with E-state index < -0.39 is 5.97 Å². The van der Waals surface area contributed by atoms with E-state index in [1.54, 1.807) is 0 Å². The Morgan fingerprint density at radius 1 is 1.33 bits per heavy atom. The van der Waals surface area contributed by atoms with Gasteiger partial charge in [0, 0.05) is 35.5 Å². The van der Waals surface area contributed by atoms with Crippen LogP contribution >= 0.6 is 31.9 Å². The van der Waals surface area contributed by atoms with E-state index in [0.29, 0.717) is 6.42 Å². The highest BCUT2D eigenvalue weighted by Crippen LogP contribution is 2.21. The van der Waals surface area contributed by atoms with E-state index in [0.717, 1.165) is 40.6 Å². The van der Waals surface area contributed by atoms with E-state index in [1.165, 1.54) is 0 Å². The van der Waals surface area contributed by atoms with E-state index in [1.807, 2.05) is 6.92 Å². The number of benzene rings is 1. The van der Waals surface area contributed by atoms with E-state index in [9.17, 15) is 4.79 Å².